The van der Waals surface area contributed by atoms with Gasteiger partial charge in [0.1, 0.15) is 6.04 Å². The number of nitrogens with zero attached hydrogens (tertiary/aromatic N) is 1. The molecule has 0 spiro atoms. The first-order chi connectivity index (χ1) is 15.0. The molecule has 0 unspecified atom stereocenters. The second-order valence-electron chi connectivity index (χ2n) is 8.45. The van der Waals surface area contributed by atoms with Gasteiger partial charge in [0, 0.05) is 18.3 Å². The number of thioether (sulfide) groups is 1. The molecule has 1 fully saturated rings. The van der Waals surface area contributed by atoms with Gasteiger partial charge in [-0.3, -0.25) is 9.59 Å². The van der Waals surface area contributed by atoms with Crippen LogP contribution in [-0.4, -0.2) is 34.6 Å². The van der Waals surface area contributed by atoms with E-state index >= 15 is 0 Å². The van der Waals surface area contributed by atoms with Crippen molar-refractivity contribution in [2.45, 2.75) is 70.3 Å². The third-order valence-electron chi connectivity index (χ3n) is 6.06. The molecule has 0 radical (unpaired) electrons. The third-order valence-corrected chi connectivity index (χ3v) is 7.03. The molecular formula is C26H34N2O2S. The molecule has 0 aromatic heterocycles. The maximum atomic E-state index is 13.2. The van der Waals surface area contributed by atoms with Gasteiger partial charge in [-0.2, -0.15) is 0 Å². The number of carbonyl (C=O) groups excluding carboxylic acids is 2. The van der Waals surface area contributed by atoms with E-state index in [4.69, 9.17) is 0 Å². The number of rotatable bonds is 9. The Morgan fingerprint density at radius 2 is 1.71 bits per heavy atom. The predicted octanol–water partition coefficient (Wildman–Crippen LogP) is 5.09. The van der Waals surface area contributed by atoms with Crippen LogP contribution >= 0.6 is 11.8 Å². The summed E-state index contributed by atoms with van der Waals surface area (Å²) in [5, 5.41) is 3.19. The Morgan fingerprint density at radius 1 is 1.03 bits per heavy atom. The summed E-state index contributed by atoms with van der Waals surface area (Å²) in [6.07, 6.45) is 5.66. The normalized spacial score (nSPS) is 15.3. The van der Waals surface area contributed by atoms with E-state index in [2.05, 4.69) is 24.4 Å². The second kappa shape index (κ2) is 11.9. The molecule has 3 rings (SSSR count). The van der Waals surface area contributed by atoms with Crippen LogP contribution in [-0.2, 0) is 21.9 Å². The molecule has 1 aliphatic carbocycles. The van der Waals surface area contributed by atoms with E-state index in [9.17, 15) is 9.59 Å². The van der Waals surface area contributed by atoms with Gasteiger partial charge >= 0.3 is 0 Å². The van der Waals surface area contributed by atoms with Crippen LogP contribution in [0.3, 0.4) is 0 Å². The van der Waals surface area contributed by atoms with Crippen molar-refractivity contribution in [3.63, 3.8) is 0 Å². The maximum absolute atomic E-state index is 13.2. The zero-order chi connectivity index (χ0) is 22.1. The minimum Gasteiger partial charge on any atom is -0.352 e. The molecule has 166 valence electrons. The van der Waals surface area contributed by atoms with Gasteiger partial charge in [0.05, 0.1) is 5.75 Å². The predicted molar refractivity (Wildman–Crippen MR) is 129 cm³/mol. The van der Waals surface area contributed by atoms with E-state index in [-0.39, 0.29) is 17.9 Å². The average Bonchev–Trinajstić information content (AvgIpc) is 2.79. The van der Waals surface area contributed by atoms with Crippen molar-refractivity contribution < 1.29 is 9.59 Å². The van der Waals surface area contributed by atoms with Crippen LogP contribution in [0.2, 0.25) is 0 Å². The molecule has 0 aliphatic heterocycles. The lowest BCUT2D eigenvalue weighted by Gasteiger charge is -2.31. The quantitative estimate of drug-likeness (QED) is 0.593. The zero-order valence-electron chi connectivity index (χ0n) is 18.7. The minimum atomic E-state index is -0.492. The fourth-order valence-corrected chi connectivity index (χ4v) is 5.02. The number of benzene rings is 2. The lowest BCUT2D eigenvalue weighted by molar-refractivity contribution is -0.139. The van der Waals surface area contributed by atoms with E-state index < -0.39 is 6.04 Å². The summed E-state index contributed by atoms with van der Waals surface area (Å²) in [6.45, 7) is 4.39. The SMILES string of the molecule is Cc1ccccc1CSCC(=O)N(Cc1ccccc1)[C@@H](C)C(=O)NC1CCCCC1. The highest BCUT2D eigenvalue weighted by atomic mass is 32.2. The van der Waals surface area contributed by atoms with Crippen LogP contribution in [0.4, 0.5) is 0 Å². The molecule has 4 nitrogen and oxygen atoms in total. The summed E-state index contributed by atoms with van der Waals surface area (Å²) in [7, 11) is 0. The summed E-state index contributed by atoms with van der Waals surface area (Å²) in [5.74, 6) is 1.12. The summed E-state index contributed by atoms with van der Waals surface area (Å²) in [6, 6.07) is 17.9. The van der Waals surface area contributed by atoms with Gasteiger partial charge in [0.2, 0.25) is 11.8 Å². The first-order valence-corrected chi connectivity index (χ1v) is 12.5. The molecular weight excluding hydrogens is 404 g/mol. The van der Waals surface area contributed by atoms with Crippen molar-refractivity contribution in [1.29, 1.82) is 0 Å². The number of hydrogen-bond donors (Lipinski definition) is 1. The van der Waals surface area contributed by atoms with Crippen LogP contribution in [0.25, 0.3) is 0 Å². The van der Waals surface area contributed by atoms with E-state index in [1.165, 1.54) is 30.4 Å². The molecule has 31 heavy (non-hydrogen) atoms. The molecule has 2 aromatic rings. The Labute approximate surface area is 190 Å². The lowest BCUT2D eigenvalue weighted by atomic mass is 9.95. The Kier molecular flexibility index (Phi) is 9.01. The Balaban J connectivity index is 1.63. The molecule has 2 amide bonds. The van der Waals surface area contributed by atoms with Gasteiger partial charge in [0.25, 0.3) is 0 Å². The first-order valence-electron chi connectivity index (χ1n) is 11.3. The molecule has 2 aromatic carbocycles. The first kappa shape index (κ1) is 23.4. The summed E-state index contributed by atoms with van der Waals surface area (Å²) >= 11 is 1.61. The van der Waals surface area contributed by atoms with Crippen LogP contribution in [0.5, 0.6) is 0 Å². The number of amides is 2. The summed E-state index contributed by atoms with van der Waals surface area (Å²) in [5.41, 5.74) is 3.53. The van der Waals surface area contributed by atoms with Crippen LogP contribution in [0, 0.1) is 6.92 Å². The summed E-state index contributed by atoms with van der Waals surface area (Å²) in [4.78, 5) is 27.9. The number of nitrogens with one attached hydrogen (secondary N) is 1. The van der Waals surface area contributed by atoms with Crippen LogP contribution < -0.4 is 5.32 Å². The van der Waals surface area contributed by atoms with E-state index in [0.29, 0.717) is 12.3 Å². The Bertz CT molecular complexity index is 849. The van der Waals surface area contributed by atoms with Crippen LogP contribution in [0.1, 0.15) is 55.7 Å². The molecule has 1 saturated carbocycles. The molecule has 5 heteroatoms. The fraction of sp³-hybridized carbons (Fsp3) is 0.462. The highest BCUT2D eigenvalue weighted by Gasteiger charge is 2.28. The highest BCUT2D eigenvalue weighted by molar-refractivity contribution is 7.99. The zero-order valence-corrected chi connectivity index (χ0v) is 19.5. The van der Waals surface area contributed by atoms with Gasteiger partial charge < -0.3 is 10.2 Å². The molecule has 0 heterocycles. The molecule has 0 bridgehead atoms. The summed E-state index contributed by atoms with van der Waals surface area (Å²) < 4.78 is 0. The van der Waals surface area contributed by atoms with Gasteiger partial charge in [-0.25, -0.2) is 0 Å². The second-order valence-corrected chi connectivity index (χ2v) is 9.43. The lowest BCUT2D eigenvalue weighted by Crippen LogP contribution is -2.50. The van der Waals surface area contributed by atoms with Crippen molar-refractivity contribution in [3.05, 3.63) is 71.3 Å². The van der Waals surface area contributed by atoms with Crippen molar-refractivity contribution in [2.75, 3.05) is 5.75 Å². The monoisotopic (exact) mass is 438 g/mol. The smallest absolute Gasteiger partial charge is 0.242 e. The van der Waals surface area contributed by atoms with Crippen molar-refractivity contribution in [2.24, 2.45) is 0 Å². The molecule has 0 saturated heterocycles. The number of aryl methyl sites for hydroxylation is 1. The van der Waals surface area contributed by atoms with Crippen molar-refractivity contribution in [3.8, 4) is 0 Å². The van der Waals surface area contributed by atoms with Crippen LogP contribution in [0.15, 0.2) is 54.6 Å². The topological polar surface area (TPSA) is 49.4 Å². The van der Waals surface area contributed by atoms with Gasteiger partial charge in [-0.15, -0.1) is 11.8 Å². The third kappa shape index (κ3) is 7.13. The largest absolute Gasteiger partial charge is 0.352 e. The molecule has 1 aliphatic rings. The van der Waals surface area contributed by atoms with Crippen molar-refractivity contribution >= 4 is 23.6 Å². The van der Waals surface area contributed by atoms with E-state index in [1.54, 1.807) is 16.7 Å². The van der Waals surface area contributed by atoms with Gasteiger partial charge in [-0.05, 0) is 43.4 Å². The van der Waals surface area contributed by atoms with E-state index in [1.807, 2.05) is 49.4 Å². The van der Waals surface area contributed by atoms with Gasteiger partial charge in [0.15, 0.2) is 0 Å². The number of hydrogen-bond acceptors (Lipinski definition) is 3. The average molecular weight is 439 g/mol. The Hall–Kier alpha value is -2.27. The van der Waals surface area contributed by atoms with Crippen molar-refractivity contribution in [1.82, 2.24) is 10.2 Å². The highest BCUT2D eigenvalue weighted by Crippen LogP contribution is 2.20. The molecule has 1 N–H and O–H groups in total. The minimum absolute atomic E-state index is 0.00808. The molecule has 1 atom stereocenters. The van der Waals surface area contributed by atoms with Gasteiger partial charge in [-0.1, -0.05) is 73.9 Å². The van der Waals surface area contributed by atoms with E-state index in [0.717, 1.165) is 24.2 Å². The maximum Gasteiger partial charge on any atom is 0.242 e. The number of carbonyl (C=O) groups is 2. The standard InChI is InChI=1S/C26H34N2O2S/c1-20-11-9-10-14-23(20)18-31-19-25(29)28(17-22-12-5-3-6-13-22)21(2)26(30)27-24-15-7-4-8-16-24/h3,5-6,9-14,21,24H,4,7-8,15-19H2,1-2H3,(H,27,30)/t21-/m0/s1. The Morgan fingerprint density at radius 3 is 2.42 bits per heavy atom. The fourth-order valence-electron chi connectivity index (χ4n) is 4.03.